The molecule has 1 atom stereocenters. The van der Waals surface area contributed by atoms with Gasteiger partial charge in [0.25, 0.3) is 0 Å². The molecule has 0 fully saturated rings. The van der Waals surface area contributed by atoms with Crippen molar-refractivity contribution in [3.8, 4) is 0 Å². The zero-order valence-electron chi connectivity index (χ0n) is 11.3. The van der Waals surface area contributed by atoms with Crippen LogP contribution in [0.25, 0.3) is 0 Å². The maximum absolute atomic E-state index is 11.5. The maximum Gasteiger partial charge on any atom is 0.306 e. The van der Waals surface area contributed by atoms with Gasteiger partial charge in [0.05, 0.1) is 12.5 Å². The van der Waals surface area contributed by atoms with Gasteiger partial charge in [-0.1, -0.05) is 18.7 Å². The van der Waals surface area contributed by atoms with E-state index in [9.17, 15) is 14.4 Å². The van der Waals surface area contributed by atoms with E-state index in [1.54, 1.807) is 13.8 Å². The van der Waals surface area contributed by atoms with Gasteiger partial charge in [-0.3, -0.25) is 14.4 Å². The van der Waals surface area contributed by atoms with Gasteiger partial charge >= 0.3 is 5.97 Å². The van der Waals surface area contributed by atoms with Gasteiger partial charge in [0.1, 0.15) is 0 Å². The molecule has 0 aromatic heterocycles. The molecule has 0 aromatic carbocycles. The first kappa shape index (κ1) is 17.0. The predicted octanol–water partition coefficient (Wildman–Crippen LogP) is 1.50. The lowest BCUT2D eigenvalue weighted by atomic mass is 10.3. The normalized spacial score (nSPS) is 12.1. The van der Waals surface area contributed by atoms with E-state index in [-0.39, 0.29) is 41.2 Å². The molecule has 0 bridgehead atoms. The summed E-state index contributed by atoms with van der Waals surface area (Å²) in [6.07, 6.45) is 0.122. The van der Waals surface area contributed by atoms with E-state index in [4.69, 9.17) is 4.74 Å². The highest BCUT2D eigenvalue weighted by molar-refractivity contribution is 8.14. The van der Waals surface area contributed by atoms with Crippen molar-refractivity contribution in [2.45, 2.75) is 51.9 Å². The molecule has 0 rings (SSSR count). The Morgan fingerprint density at radius 3 is 2.28 bits per heavy atom. The third-order valence-corrected chi connectivity index (χ3v) is 2.91. The minimum absolute atomic E-state index is 0.00233. The number of hydrogen-bond acceptors (Lipinski definition) is 5. The first-order chi connectivity index (χ1) is 8.31. The van der Waals surface area contributed by atoms with Gasteiger partial charge in [0.2, 0.25) is 5.91 Å². The van der Waals surface area contributed by atoms with E-state index < -0.39 is 0 Å². The van der Waals surface area contributed by atoms with Gasteiger partial charge in [-0.05, 0) is 13.8 Å². The van der Waals surface area contributed by atoms with E-state index >= 15 is 0 Å². The fraction of sp³-hybridized carbons (Fsp3) is 0.750. The van der Waals surface area contributed by atoms with Crippen molar-refractivity contribution in [1.82, 2.24) is 5.32 Å². The molecule has 0 heterocycles. The summed E-state index contributed by atoms with van der Waals surface area (Å²) in [5.41, 5.74) is 0. The number of carbonyl (C=O) groups is 3. The Labute approximate surface area is 112 Å². The molecule has 0 aliphatic heterocycles. The van der Waals surface area contributed by atoms with E-state index in [0.29, 0.717) is 6.54 Å². The molecule has 18 heavy (non-hydrogen) atoms. The molecule has 0 aliphatic carbocycles. The lowest BCUT2D eigenvalue weighted by molar-refractivity contribution is -0.148. The third-order valence-electron chi connectivity index (χ3n) is 1.87. The summed E-state index contributed by atoms with van der Waals surface area (Å²) in [5, 5.41) is 2.58. The summed E-state index contributed by atoms with van der Waals surface area (Å²) in [4.78, 5) is 33.4. The molecule has 6 heteroatoms. The number of nitrogens with one attached hydrogen (secondary N) is 1. The maximum atomic E-state index is 11.5. The zero-order valence-corrected chi connectivity index (χ0v) is 12.1. The number of thioether (sulfide) groups is 1. The average Bonchev–Trinajstić information content (AvgIpc) is 2.22. The lowest BCUT2D eigenvalue weighted by Gasteiger charge is -2.10. The molecule has 1 N–H and O–H groups in total. The second-order valence-corrected chi connectivity index (χ2v) is 5.77. The van der Waals surface area contributed by atoms with Crippen molar-refractivity contribution in [2.75, 3.05) is 6.54 Å². The summed E-state index contributed by atoms with van der Waals surface area (Å²) in [7, 11) is 0. The van der Waals surface area contributed by atoms with E-state index in [1.165, 1.54) is 6.92 Å². The van der Waals surface area contributed by atoms with Gasteiger partial charge in [0.15, 0.2) is 5.12 Å². The lowest BCUT2D eigenvalue weighted by Crippen LogP contribution is -2.27. The van der Waals surface area contributed by atoms with Crippen molar-refractivity contribution < 1.29 is 19.1 Å². The van der Waals surface area contributed by atoms with Crippen LogP contribution in [0.3, 0.4) is 0 Å². The summed E-state index contributed by atoms with van der Waals surface area (Å²) in [5.74, 6) is -0.469. The van der Waals surface area contributed by atoms with Gasteiger partial charge < -0.3 is 10.1 Å². The molecule has 1 amide bonds. The summed E-state index contributed by atoms with van der Waals surface area (Å²) >= 11 is 1.14. The van der Waals surface area contributed by atoms with Crippen LogP contribution in [0, 0.1) is 0 Å². The van der Waals surface area contributed by atoms with Gasteiger partial charge in [0, 0.05) is 25.1 Å². The fourth-order valence-corrected chi connectivity index (χ4v) is 1.97. The topological polar surface area (TPSA) is 72.5 Å². The molecule has 0 radical (unpaired) electrons. The Hall–Kier alpha value is -1.04. The van der Waals surface area contributed by atoms with Gasteiger partial charge in [-0.15, -0.1) is 0 Å². The van der Waals surface area contributed by atoms with Crippen LogP contribution in [0.1, 0.15) is 40.5 Å². The molecule has 0 saturated carbocycles. The molecule has 5 nitrogen and oxygen atoms in total. The fourth-order valence-electron chi connectivity index (χ4n) is 1.14. The highest BCUT2D eigenvalue weighted by Crippen LogP contribution is 2.14. The molecule has 0 saturated heterocycles. The van der Waals surface area contributed by atoms with Crippen LogP contribution in [0.5, 0.6) is 0 Å². The number of amides is 1. The molecular formula is C12H21NO4S. The molecule has 0 aliphatic rings. The number of carbonyl (C=O) groups excluding carboxylic acids is 3. The Kier molecular flexibility index (Phi) is 8.45. The minimum atomic E-state index is -0.353. The second kappa shape index (κ2) is 8.97. The first-order valence-electron chi connectivity index (χ1n) is 5.94. The summed E-state index contributed by atoms with van der Waals surface area (Å²) in [6, 6.07) is 0. The molecule has 104 valence electrons. The summed E-state index contributed by atoms with van der Waals surface area (Å²) in [6.45, 7) is 7.27. The highest BCUT2D eigenvalue weighted by atomic mass is 32.2. The standard InChI is InChI=1S/C12H21NO4S/c1-8(2)17-11(15)5-6-12(16)18-9(3)7-13-10(4)14/h8-9H,5-7H2,1-4H3,(H,13,14). The molecular weight excluding hydrogens is 254 g/mol. The Morgan fingerprint density at radius 1 is 1.17 bits per heavy atom. The van der Waals surface area contributed by atoms with Crippen LogP contribution < -0.4 is 5.32 Å². The monoisotopic (exact) mass is 275 g/mol. The van der Waals surface area contributed by atoms with E-state index in [0.717, 1.165) is 11.8 Å². The SMILES string of the molecule is CC(=O)NCC(C)SC(=O)CCC(=O)OC(C)C. The van der Waals surface area contributed by atoms with Crippen LogP contribution in [0.15, 0.2) is 0 Å². The van der Waals surface area contributed by atoms with Crippen LogP contribution in [-0.2, 0) is 19.1 Å². The smallest absolute Gasteiger partial charge is 0.306 e. The van der Waals surface area contributed by atoms with Gasteiger partial charge in [-0.2, -0.15) is 0 Å². The number of hydrogen-bond donors (Lipinski definition) is 1. The van der Waals surface area contributed by atoms with E-state index in [1.807, 2.05) is 6.92 Å². The van der Waals surface area contributed by atoms with Crippen molar-refractivity contribution in [2.24, 2.45) is 0 Å². The minimum Gasteiger partial charge on any atom is -0.463 e. The van der Waals surface area contributed by atoms with Crippen LogP contribution in [-0.4, -0.2) is 34.9 Å². The van der Waals surface area contributed by atoms with Crippen LogP contribution in [0.2, 0.25) is 0 Å². The molecule has 1 unspecified atom stereocenters. The average molecular weight is 275 g/mol. The summed E-state index contributed by atoms with van der Waals surface area (Å²) < 4.78 is 4.93. The first-order valence-corrected chi connectivity index (χ1v) is 6.82. The molecule has 0 aromatic rings. The highest BCUT2D eigenvalue weighted by Gasteiger charge is 2.13. The number of rotatable bonds is 7. The van der Waals surface area contributed by atoms with Crippen molar-refractivity contribution in [1.29, 1.82) is 0 Å². The quantitative estimate of drug-likeness (QED) is 0.713. The largest absolute Gasteiger partial charge is 0.463 e. The van der Waals surface area contributed by atoms with Gasteiger partial charge in [-0.25, -0.2) is 0 Å². The van der Waals surface area contributed by atoms with Crippen molar-refractivity contribution in [3.63, 3.8) is 0 Å². The Balaban J connectivity index is 3.76. The zero-order chi connectivity index (χ0) is 14.1. The third kappa shape index (κ3) is 10.1. The van der Waals surface area contributed by atoms with Crippen LogP contribution in [0.4, 0.5) is 0 Å². The van der Waals surface area contributed by atoms with E-state index in [2.05, 4.69) is 5.32 Å². The van der Waals surface area contributed by atoms with Crippen LogP contribution >= 0.6 is 11.8 Å². The number of ether oxygens (including phenoxy) is 1. The Bertz CT molecular complexity index is 304. The second-order valence-electron chi connectivity index (χ2n) is 4.28. The Morgan fingerprint density at radius 2 is 1.78 bits per heavy atom. The predicted molar refractivity (Wildman–Crippen MR) is 71.2 cm³/mol. The van der Waals surface area contributed by atoms with Crippen molar-refractivity contribution in [3.05, 3.63) is 0 Å². The number of esters is 1. The van der Waals surface area contributed by atoms with Crippen molar-refractivity contribution >= 4 is 28.8 Å². The molecule has 0 spiro atoms.